The molecule has 1 radical (unpaired) electrons. The van der Waals surface area contributed by atoms with E-state index in [1.807, 2.05) is 0 Å². The first-order valence-corrected chi connectivity index (χ1v) is 3.05. The Hall–Kier alpha value is -1.05. The van der Waals surface area contributed by atoms with Gasteiger partial charge in [0.1, 0.15) is 5.82 Å². The highest BCUT2D eigenvalue weighted by atomic mass is 19.1. The van der Waals surface area contributed by atoms with E-state index in [4.69, 9.17) is 0 Å². The highest BCUT2D eigenvalue weighted by Crippen LogP contribution is 2.21. The molecule has 0 atom stereocenters. The highest BCUT2D eigenvalue weighted by molar-refractivity contribution is 5.37. The quantitative estimate of drug-likeness (QED) is 0.526. The van der Waals surface area contributed by atoms with Gasteiger partial charge in [0.15, 0.2) is 5.75 Å². The second-order valence-corrected chi connectivity index (χ2v) is 2.30. The zero-order valence-electron chi connectivity index (χ0n) is 5.94. The topological polar surface area (TPSA) is 19.9 Å². The van der Waals surface area contributed by atoms with E-state index in [0.717, 1.165) is 0 Å². The predicted octanol–water partition coefficient (Wildman–Crippen LogP) is 2.59. The van der Waals surface area contributed by atoms with Gasteiger partial charge in [0.25, 0.3) is 0 Å². The molecular weight excluding hydrogens is 131 g/mol. The van der Waals surface area contributed by atoms with Crippen molar-refractivity contribution in [3.05, 3.63) is 29.1 Å². The fourth-order valence-electron chi connectivity index (χ4n) is 0.763. The van der Waals surface area contributed by atoms with Crippen molar-refractivity contribution in [2.45, 2.75) is 13.8 Å². The molecule has 0 amide bonds. The van der Waals surface area contributed by atoms with Crippen molar-refractivity contribution in [3.63, 3.8) is 0 Å². The standard InChI is InChI=1S/C8H8FO/c1-5-6(2)8(10)4-3-7(5)9/h3-4H,1-2H3. The average Bonchev–Trinajstić information content (AvgIpc) is 1.93. The van der Waals surface area contributed by atoms with Gasteiger partial charge in [-0.25, -0.2) is 4.39 Å². The molecule has 0 fully saturated rings. The molecule has 53 valence electrons. The van der Waals surface area contributed by atoms with Crippen molar-refractivity contribution < 1.29 is 9.50 Å². The van der Waals surface area contributed by atoms with Crippen molar-refractivity contribution in [2.24, 2.45) is 0 Å². The smallest absolute Gasteiger partial charge is 0.182 e. The number of benzene rings is 1. The first-order valence-electron chi connectivity index (χ1n) is 3.05. The Morgan fingerprint density at radius 1 is 1.20 bits per heavy atom. The fourth-order valence-corrected chi connectivity index (χ4v) is 0.763. The molecule has 2 heteroatoms. The third kappa shape index (κ3) is 0.967. The lowest BCUT2D eigenvalue weighted by Gasteiger charge is -1.99. The van der Waals surface area contributed by atoms with E-state index in [-0.39, 0.29) is 11.6 Å². The summed E-state index contributed by atoms with van der Waals surface area (Å²) in [6, 6.07) is 2.45. The van der Waals surface area contributed by atoms with E-state index in [1.54, 1.807) is 13.8 Å². The molecule has 0 saturated carbocycles. The van der Waals surface area contributed by atoms with E-state index in [0.29, 0.717) is 11.1 Å². The van der Waals surface area contributed by atoms with Gasteiger partial charge < -0.3 is 0 Å². The minimum absolute atomic E-state index is 0.0982. The average molecular weight is 139 g/mol. The molecule has 1 nitrogen and oxygen atoms in total. The molecule has 0 aliphatic heterocycles. The molecule has 0 N–H and O–H groups in total. The Kier molecular flexibility index (Phi) is 1.62. The number of halogens is 1. The maximum absolute atomic E-state index is 12.6. The van der Waals surface area contributed by atoms with E-state index < -0.39 is 0 Å². The summed E-state index contributed by atoms with van der Waals surface area (Å²) in [4.78, 5) is 0. The Morgan fingerprint density at radius 3 is 2.30 bits per heavy atom. The molecule has 0 aromatic heterocycles. The molecule has 0 unspecified atom stereocenters. The Morgan fingerprint density at radius 2 is 1.80 bits per heavy atom. The summed E-state index contributed by atoms with van der Waals surface area (Å²) in [6.07, 6.45) is 0. The molecule has 1 rings (SSSR count). The highest BCUT2D eigenvalue weighted by Gasteiger charge is 2.04. The van der Waals surface area contributed by atoms with Crippen LogP contribution in [-0.2, 0) is 5.11 Å². The predicted molar refractivity (Wildman–Crippen MR) is 36.0 cm³/mol. The maximum Gasteiger partial charge on any atom is 0.182 e. The third-order valence-electron chi connectivity index (χ3n) is 1.67. The number of hydrogen-bond acceptors (Lipinski definition) is 0. The van der Waals surface area contributed by atoms with Crippen LogP contribution in [0.1, 0.15) is 11.1 Å². The molecule has 10 heavy (non-hydrogen) atoms. The summed E-state index contributed by atoms with van der Waals surface area (Å²) < 4.78 is 12.6. The van der Waals surface area contributed by atoms with Gasteiger partial charge in [0.2, 0.25) is 0 Å². The van der Waals surface area contributed by atoms with Crippen molar-refractivity contribution in [3.8, 4) is 5.75 Å². The van der Waals surface area contributed by atoms with Gasteiger partial charge in [-0.05, 0) is 31.5 Å². The summed E-state index contributed by atoms with van der Waals surface area (Å²) >= 11 is 0. The summed E-state index contributed by atoms with van der Waals surface area (Å²) in [7, 11) is 0. The second kappa shape index (κ2) is 2.29. The Balaban J connectivity index is 3.34. The van der Waals surface area contributed by atoms with E-state index in [2.05, 4.69) is 0 Å². The first kappa shape index (κ1) is 7.06. The lowest BCUT2D eigenvalue weighted by Crippen LogP contribution is -1.85. The van der Waals surface area contributed by atoms with Crippen molar-refractivity contribution in [1.29, 1.82) is 0 Å². The van der Waals surface area contributed by atoms with Crippen LogP contribution in [0.5, 0.6) is 5.75 Å². The Bertz CT molecular complexity index is 229. The summed E-state index contributed by atoms with van der Waals surface area (Å²) in [6.45, 7) is 3.23. The fraction of sp³-hybridized carbons (Fsp3) is 0.250. The lowest BCUT2D eigenvalue weighted by atomic mass is 10.1. The van der Waals surface area contributed by atoms with E-state index >= 15 is 0 Å². The monoisotopic (exact) mass is 139 g/mol. The zero-order chi connectivity index (χ0) is 7.72. The summed E-state index contributed by atoms with van der Waals surface area (Å²) in [5.74, 6) is -0.406. The van der Waals surface area contributed by atoms with Crippen LogP contribution < -0.4 is 0 Å². The minimum Gasteiger partial charge on any atom is -0.290 e. The third-order valence-corrected chi connectivity index (χ3v) is 1.67. The van der Waals surface area contributed by atoms with Crippen LogP contribution in [0.15, 0.2) is 12.1 Å². The second-order valence-electron chi connectivity index (χ2n) is 2.30. The van der Waals surface area contributed by atoms with Crippen molar-refractivity contribution in [2.75, 3.05) is 0 Å². The molecule has 1 aromatic rings. The molecule has 0 aliphatic carbocycles. The van der Waals surface area contributed by atoms with Crippen LogP contribution in [0.25, 0.3) is 0 Å². The van der Waals surface area contributed by atoms with Gasteiger partial charge in [-0.15, -0.1) is 0 Å². The van der Waals surface area contributed by atoms with Crippen LogP contribution in [0, 0.1) is 19.7 Å². The van der Waals surface area contributed by atoms with Crippen molar-refractivity contribution >= 4 is 0 Å². The van der Waals surface area contributed by atoms with Crippen LogP contribution in [0.3, 0.4) is 0 Å². The van der Waals surface area contributed by atoms with Crippen LogP contribution in [-0.4, -0.2) is 0 Å². The van der Waals surface area contributed by atoms with Gasteiger partial charge in [0.05, 0.1) is 0 Å². The minimum atomic E-state index is -0.308. The molecule has 0 saturated heterocycles. The van der Waals surface area contributed by atoms with Gasteiger partial charge in [-0.3, -0.25) is 5.11 Å². The molecule has 0 heterocycles. The van der Waals surface area contributed by atoms with Crippen LogP contribution in [0.2, 0.25) is 0 Å². The van der Waals surface area contributed by atoms with Crippen LogP contribution in [0.4, 0.5) is 4.39 Å². The SMILES string of the molecule is Cc1c([O])ccc(F)c1C. The summed E-state index contributed by atoms with van der Waals surface area (Å²) in [5, 5.41) is 10.8. The maximum atomic E-state index is 12.6. The van der Waals surface area contributed by atoms with Gasteiger partial charge >= 0.3 is 0 Å². The van der Waals surface area contributed by atoms with Crippen LogP contribution >= 0.6 is 0 Å². The number of rotatable bonds is 0. The molecule has 0 spiro atoms. The number of hydrogen-bond donors (Lipinski definition) is 0. The van der Waals surface area contributed by atoms with E-state index in [9.17, 15) is 9.50 Å². The van der Waals surface area contributed by atoms with E-state index in [1.165, 1.54) is 12.1 Å². The molecular formula is C8H8FO. The molecule has 0 aliphatic rings. The molecule has 1 aromatic carbocycles. The summed E-state index contributed by atoms with van der Waals surface area (Å²) in [5.41, 5.74) is 0.951. The first-order chi connectivity index (χ1) is 4.63. The van der Waals surface area contributed by atoms with Gasteiger partial charge in [-0.2, -0.15) is 0 Å². The van der Waals surface area contributed by atoms with Crippen molar-refractivity contribution in [1.82, 2.24) is 0 Å². The van der Waals surface area contributed by atoms with Gasteiger partial charge in [-0.1, -0.05) is 0 Å². The zero-order valence-corrected chi connectivity index (χ0v) is 5.94. The van der Waals surface area contributed by atoms with Gasteiger partial charge in [0, 0.05) is 5.56 Å². The largest absolute Gasteiger partial charge is 0.290 e. The normalized spacial score (nSPS) is 9.90. The lowest BCUT2D eigenvalue weighted by molar-refractivity contribution is 0.350. The Labute approximate surface area is 59.1 Å². The molecule has 0 bridgehead atoms.